The molecule has 264 valence electrons. The summed E-state index contributed by atoms with van der Waals surface area (Å²) in [5, 5.41) is 4.99. The molecule has 10 fully saturated rings. The number of halogens is 1. The molecule has 8 nitrogen and oxygen atoms in total. The molecule has 0 unspecified atom stereocenters. The molecule has 6 heterocycles. The third-order valence-corrected chi connectivity index (χ3v) is 16.0. The summed E-state index contributed by atoms with van der Waals surface area (Å²) >= 11 is 2.28. The SMILES string of the molecule is C/C(=C\I)CO/N=C(/C[C@H]1O[C@@H]2C[C@]3(C)CC[C@H]4[C@H](C)CC[C@@H]([C@H]1C)[C@@]24OO3)[C@H]1O[C@@H]2C[C@]3(C)CC[C@H]4[C@H](C)CC[C@@H]([C@H]1C)[C@@]24OO3. The molecule has 10 aliphatic rings. The quantitative estimate of drug-likeness (QED) is 0.116. The molecular formula is C38H58INO7. The van der Waals surface area contributed by atoms with Crippen LogP contribution in [-0.2, 0) is 33.9 Å². The molecule has 0 amide bonds. The van der Waals surface area contributed by atoms with E-state index in [2.05, 4.69) is 75.1 Å². The maximum Gasteiger partial charge on any atom is 0.138 e. The second-order valence-electron chi connectivity index (χ2n) is 17.9. The smallest absolute Gasteiger partial charge is 0.138 e. The number of nitrogens with zero attached hydrogens (tertiary/aromatic N) is 1. The lowest BCUT2D eigenvalue weighted by Gasteiger charge is -2.62. The van der Waals surface area contributed by atoms with Gasteiger partial charge in [-0.1, -0.05) is 55.4 Å². The van der Waals surface area contributed by atoms with Crippen molar-refractivity contribution in [3.8, 4) is 0 Å². The molecule has 47 heavy (non-hydrogen) atoms. The van der Waals surface area contributed by atoms with Crippen molar-refractivity contribution < 1.29 is 33.9 Å². The molecule has 6 aliphatic heterocycles. The van der Waals surface area contributed by atoms with Gasteiger partial charge in [0.1, 0.15) is 35.1 Å². The first-order valence-electron chi connectivity index (χ1n) is 18.9. The highest BCUT2D eigenvalue weighted by molar-refractivity contribution is 14.1. The normalized spacial score (nSPS) is 55.5. The first-order chi connectivity index (χ1) is 22.4. The topological polar surface area (TPSA) is 77.0 Å². The molecular weight excluding hydrogens is 709 g/mol. The van der Waals surface area contributed by atoms with Crippen LogP contribution in [0.3, 0.4) is 0 Å². The van der Waals surface area contributed by atoms with Crippen LogP contribution in [0, 0.1) is 47.3 Å². The molecule has 6 saturated heterocycles. The second kappa shape index (κ2) is 12.1. The standard InChI is InChI=1S/C38H58INO7/c1-21(19-39)20-41-40-30(34-25(5)29-11-9-23(3)27-13-15-36(7)18-33(43-34)38(27,29)47-45-36)16-31-24(4)28-10-8-22(2)26-12-14-35(6)17-32(42-31)37(26,28)46-44-35/h19,22-29,31-34H,8-18,20H2,1-7H3/b21-19+,40-30-/t22-,23-,24-,25-,26+,27+,28+,29+,31-,32-,33-,34+,35+,36+,37-,38-/m1/s1. The highest BCUT2D eigenvalue weighted by Gasteiger charge is 2.70. The van der Waals surface area contributed by atoms with Crippen LogP contribution in [-0.4, -0.2) is 59.1 Å². The van der Waals surface area contributed by atoms with Crippen molar-refractivity contribution in [2.45, 2.75) is 166 Å². The first-order valence-corrected chi connectivity index (χ1v) is 20.2. The fourth-order valence-corrected chi connectivity index (χ4v) is 12.5. The Morgan fingerprint density at radius 1 is 0.745 bits per heavy atom. The summed E-state index contributed by atoms with van der Waals surface area (Å²) in [7, 11) is 0. The molecule has 0 radical (unpaired) electrons. The van der Waals surface area contributed by atoms with Crippen molar-refractivity contribution in [3.63, 3.8) is 0 Å². The summed E-state index contributed by atoms with van der Waals surface area (Å²) in [6.07, 6.45) is 11.4. The zero-order chi connectivity index (χ0) is 32.9. The van der Waals surface area contributed by atoms with Gasteiger partial charge in [0.15, 0.2) is 0 Å². The van der Waals surface area contributed by atoms with E-state index in [1.807, 2.05) is 0 Å². The lowest BCUT2D eigenvalue weighted by molar-refractivity contribution is -0.487. The van der Waals surface area contributed by atoms with E-state index in [0.29, 0.717) is 54.5 Å². The summed E-state index contributed by atoms with van der Waals surface area (Å²) in [6.45, 7) is 16.6. The Morgan fingerprint density at radius 3 is 1.87 bits per heavy atom. The van der Waals surface area contributed by atoms with E-state index >= 15 is 0 Å². The Kier molecular flexibility index (Phi) is 8.74. The van der Waals surface area contributed by atoms with E-state index in [0.717, 1.165) is 62.7 Å². The van der Waals surface area contributed by atoms with Crippen LogP contribution in [0.15, 0.2) is 14.8 Å². The zero-order valence-corrected chi connectivity index (χ0v) is 31.8. The van der Waals surface area contributed by atoms with Gasteiger partial charge in [-0.25, -0.2) is 19.6 Å². The van der Waals surface area contributed by atoms with Crippen LogP contribution in [0.25, 0.3) is 0 Å². The van der Waals surface area contributed by atoms with Gasteiger partial charge in [0.05, 0.1) is 24.0 Å². The van der Waals surface area contributed by atoms with Crippen LogP contribution >= 0.6 is 22.6 Å². The maximum atomic E-state index is 7.33. The summed E-state index contributed by atoms with van der Waals surface area (Å²) < 4.78 is 16.7. The van der Waals surface area contributed by atoms with Gasteiger partial charge in [-0.15, -0.1) is 0 Å². The minimum absolute atomic E-state index is 0.00768. The van der Waals surface area contributed by atoms with Crippen molar-refractivity contribution >= 4 is 28.3 Å². The number of fused-ring (bicyclic) bond motifs is 4. The summed E-state index contributed by atoms with van der Waals surface area (Å²) in [6, 6.07) is 0. The van der Waals surface area contributed by atoms with E-state index in [1.165, 1.54) is 12.8 Å². The molecule has 4 saturated carbocycles. The lowest BCUT2D eigenvalue weighted by atomic mass is 9.55. The Labute approximate surface area is 295 Å². The van der Waals surface area contributed by atoms with E-state index in [9.17, 15) is 0 Å². The minimum Gasteiger partial charge on any atom is -0.391 e. The largest absolute Gasteiger partial charge is 0.391 e. The average Bonchev–Trinajstić information content (AvgIpc) is 3.42. The molecule has 0 aromatic carbocycles. The highest BCUT2D eigenvalue weighted by Crippen LogP contribution is 2.63. The molecule has 2 spiro atoms. The van der Waals surface area contributed by atoms with E-state index in [-0.39, 0.29) is 47.1 Å². The average molecular weight is 768 g/mol. The summed E-state index contributed by atoms with van der Waals surface area (Å²) in [4.78, 5) is 31.9. The van der Waals surface area contributed by atoms with E-state index in [4.69, 9.17) is 39.0 Å². The Bertz CT molecular complexity index is 1280. The molecule has 16 atom stereocenters. The van der Waals surface area contributed by atoms with Gasteiger partial charge >= 0.3 is 0 Å². The lowest BCUT2D eigenvalue weighted by Crippen LogP contribution is -2.71. The van der Waals surface area contributed by atoms with Crippen molar-refractivity contribution in [1.29, 1.82) is 0 Å². The van der Waals surface area contributed by atoms with Crippen LogP contribution in [0.2, 0.25) is 0 Å². The molecule has 0 aromatic heterocycles. The van der Waals surface area contributed by atoms with E-state index in [1.54, 1.807) is 0 Å². The molecule has 4 bridgehead atoms. The van der Waals surface area contributed by atoms with Gasteiger partial charge in [0, 0.05) is 19.3 Å². The maximum absolute atomic E-state index is 7.33. The third-order valence-electron chi connectivity index (χ3n) is 14.9. The predicted molar refractivity (Wildman–Crippen MR) is 187 cm³/mol. The second-order valence-corrected chi connectivity index (χ2v) is 18.5. The molecule has 0 aromatic rings. The third kappa shape index (κ3) is 5.19. The Balaban J connectivity index is 1.12. The molecule has 9 heteroatoms. The van der Waals surface area contributed by atoms with Crippen molar-refractivity contribution in [1.82, 2.24) is 0 Å². The number of oxime groups is 1. The number of rotatable bonds is 6. The van der Waals surface area contributed by atoms with Crippen molar-refractivity contribution in [2.24, 2.45) is 52.5 Å². The van der Waals surface area contributed by atoms with Crippen LogP contribution in [0.4, 0.5) is 0 Å². The Hall–Kier alpha value is -0.300. The molecule has 4 aliphatic carbocycles. The van der Waals surface area contributed by atoms with Crippen LogP contribution in [0.5, 0.6) is 0 Å². The minimum atomic E-state index is -0.392. The molecule has 0 N–H and O–H groups in total. The highest BCUT2D eigenvalue weighted by atomic mass is 127. The molecule has 10 rings (SSSR count). The van der Waals surface area contributed by atoms with Gasteiger partial charge in [0.2, 0.25) is 0 Å². The van der Waals surface area contributed by atoms with Gasteiger partial charge in [-0.2, -0.15) is 0 Å². The summed E-state index contributed by atoms with van der Waals surface area (Å²) in [5.41, 5.74) is 0.774. The number of hydrogen-bond acceptors (Lipinski definition) is 8. The zero-order valence-electron chi connectivity index (χ0n) is 29.7. The van der Waals surface area contributed by atoms with Gasteiger partial charge in [-0.05, 0) is 129 Å². The van der Waals surface area contributed by atoms with Crippen LogP contribution < -0.4 is 0 Å². The number of hydrogen-bond donors (Lipinski definition) is 0. The number of ether oxygens (including phenoxy) is 2. The van der Waals surface area contributed by atoms with Crippen molar-refractivity contribution in [3.05, 3.63) is 9.66 Å². The Morgan fingerprint density at radius 2 is 1.30 bits per heavy atom. The predicted octanol–water partition coefficient (Wildman–Crippen LogP) is 8.51. The van der Waals surface area contributed by atoms with Gasteiger partial charge in [0.25, 0.3) is 0 Å². The fraction of sp³-hybridized carbons (Fsp3) is 0.921. The first kappa shape index (κ1) is 33.8. The van der Waals surface area contributed by atoms with Crippen molar-refractivity contribution in [2.75, 3.05) is 6.61 Å². The summed E-state index contributed by atoms with van der Waals surface area (Å²) in [5.74, 6) is 3.35. The fourth-order valence-electron chi connectivity index (χ4n) is 12.3. The van der Waals surface area contributed by atoms with Crippen LogP contribution in [0.1, 0.15) is 119 Å². The monoisotopic (exact) mass is 767 g/mol. The van der Waals surface area contributed by atoms with Gasteiger partial charge in [-0.3, -0.25) is 0 Å². The van der Waals surface area contributed by atoms with Gasteiger partial charge < -0.3 is 14.3 Å². The van der Waals surface area contributed by atoms with E-state index < -0.39 is 5.60 Å².